The molecule has 0 atom stereocenters. The number of hydrogen-bond acceptors (Lipinski definition) is 3. The molecule has 1 aromatic rings. The van der Waals surface area contributed by atoms with Gasteiger partial charge in [0.05, 0.1) is 19.2 Å². The molecule has 0 aliphatic heterocycles. The lowest BCUT2D eigenvalue weighted by Crippen LogP contribution is -2.29. The summed E-state index contributed by atoms with van der Waals surface area (Å²) in [5.41, 5.74) is 0. The third-order valence-electron chi connectivity index (χ3n) is 1.99. The molecule has 1 heterocycles. The lowest BCUT2D eigenvalue weighted by molar-refractivity contribution is -0.137. The number of halogens is 3. The van der Waals surface area contributed by atoms with Gasteiger partial charge in [-0.15, -0.1) is 0 Å². The van der Waals surface area contributed by atoms with Crippen molar-refractivity contribution in [3.63, 3.8) is 0 Å². The Hall–Kier alpha value is -1.30. The van der Waals surface area contributed by atoms with Crippen LogP contribution >= 0.6 is 0 Å². The van der Waals surface area contributed by atoms with E-state index < -0.39 is 12.6 Å². The first-order valence-corrected chi connectivity index (χ1v) is 4.70. The van der Waals surface area contributed by atoms with Crippen LogP contribution in [0.4, 0.5) is 13.2 Å². The lowest BCUT2D eigenvalue weighted by atomic mass is 10.3. The van der Waals surface area contributed by atoms with Crippen LogP contribution in [0.15, 0.2) is 22.8 Å². The van der Waals surface area contributed by atoms with Crippen molar-refractivity contribution in [3.8, 4) is 0 Å². The predicted molar refractivity (Wildman–Crippen MR) is 51.2 cm³/mol. The molecule has 0 spiro atoms. The summed E-state index contributed by atoms with van der Waals surface area (Å²) in [6, 6.07) is 3.04. The number of carbonyl (C=O) groups is 1. The Bertz CT molecular complexity index is 332. The van der Waals surface area contributed by atoms with Crippen LogP contribution < -0.4 is 0 Å². The Kier molecular flexibility index (Phi) is 4.12. The SMILES string of the molecule is CN(CCC(F)(F)F)CC(=O)c1ccco1. The Morgan fingerprint density at radius 2 is 2.19 bits per heavy atom. The van der Waals surface area contributed by atoms with Crippen LogP contribution in [0.1, 0.15) is 17.0 Å². The van der Waals surface area contributed by atoms with Gasteiger partial charge >= 0.3 is 6.18 Å². The number of alkyl halides is 3. The van der Waals surface area contributed by atoms with Crippen LogP contribution in [-0.4, -0.2) is 37.0 Å². The standard InChI is InChI=1S/C10H12F3NO2/c1-14(5-4-10(11,12)13)7-8(15)9-3-2-6-16-9/h2-3,6H,4-5,7H2,1H3. The second-order valence-electron chi connectivity index (χ2n) is 3.50. The number of furan rings is 1. The smallest absolute Gasteiger partial charge is 0.390 e. The molecule has 90 valence electrons. The maximum absolute atomic E-state index is 11.9. The van der Waals surface area contributed by atoms with E-state index in [0.717, 1.165) is 0 Å². The topological polar surface area (TPSA) is 33.5 Å². The van der Waals surface area contributed by atoms with Crippen LogP contribution in [0.3, 0.4) is 0 Å². The van der Waals surface area contributed by atoms with Crippen molar-refractivity contribution in [1.82, 2.24) is 4.90 Å². The summed E-state index contributed by atoms with van der Waals surface area (Å²) in [5, 5.41) is 0. The van der Waals surface area contributed by atoms with E-state index in [-0.39, 0.29) is 24.6 Å². The number of carbonyl (C=O) groups excluding carboxylic acids is 1. The zero-order valence-corrected chi connectivity index (χ0v) is 8.75. The molecule has 0 N–H and O–H groups in total. The maximum Gasteiger partial charge on any atom is 0.390 e. The fourth-order valence-corrected chi connectivity index (χ4v) is 1.16. The highest BCUT2D eigenvalue weighted by molar-refractivity contribution is 5.94. The molecular formula is C10H12F3NO2. The van der Waals surface area contributed by atoms with Gasteiger partial charge in [-0.25, -0.2) is 0 Å². The van der Waals surface area contributed by atoms with Gasteiger partial charge in [0.25, 0.3) is 0 Å². The largest absolute Gasteiger partial charge is 0.461 e. The first-order chi connectivity index (χ1) is 7.38. The Labute approximate surface area is 90.8 Å². The zero-order chi connectivity index (χ0) is 12.2. The second-order valence-corrected chi connectivity index (χ2v) is 3.50. The highest BCUT2D eigenvalue weighted by Gasteiger charge is 2.27. The Morgan fingerprint density at radius 3 is 2.69 bits per heavy atom. The molecule has 3 nitrogen and oxygen atoms in total. The second kappa shape index (κ2) is 5.16. The minimum atomic E-state index is -4.19. The van der Waals surface area contributed by atoms with E-state index in [1.807, 2.05) is 0 Å². The molecule has 16 heavy (non-hydrogen) atoms. The van der Waals surface area contributed by atoms with Crippen LogP contribution in [0.25, 0.3) is 0 Å². The van der Waals surface area contributed by atoms with Crippen LogP contribution in [0, 0.1) is 0 Å². The first kappa shape index (κ1) is 12.8. The molecule has 0 saturated heterocycles. The van der Waals surface area contributed by atoms with Crippen molar-refractivity contribution in [2.24, 2.45) is 0 Å². The number of ketones is 1. The average Bonchev–Trinajstić information content (AvgIpc) is 2.66. The van der Waals surface area contributed by atoms with Crippen molar-refractivity contribution < 1.29 is 22.4 Å². The third kappa shape index (κ3) is 4.48. The first-order valence-electron chi connectivity index (χ1n) is 4.70. The highest BCUT2D eigenvalue weighted by Crippen LogP contribution is 2.19. The van der Waals surface area contributed by atoms with Crippen molar-refractivity contribution in [3.05, 3.63) is 24.2 Å². The number of nitrogens with zero attached hydrogens (tertiary/aromatic N) is 1. The normalized spacial score (nSPS) is 12.1. The fourth-order valence-electron chi connectivity index (χ4n) is 1.16. The van der Waals surface area contributed by atoms with Gasteiger partial charge in [0.1, 0.15) is 0 Å². The van der Waals surface area contributed by atoms with Crippen molar-refractivity contribution in [1.29, 1.82) is 0 Å². The van der Waals surface area contributed by atoms with E-state index in [1.165, 1.54) is 24.3 Å². The Morgan fingerprint density at radius 1 is 1.50 bits per heavy atom. The molecule has 0 radical (unpaired) electrons. The summed E-state index contributed by atoms with van der Waals surface area (Å²) in [7, 11) is 1.46. The number of rotatable bonds is 5. The quantitative estimate of drug-likeness (QED) is 0.734. The van der Waals surface area contributed by atoms with E-state index >= 15 is 0 Å². The lowest BCUT2D eigenvalue weighted by Gasteiger charge is -2.15. The molecule has 0 unspecified atom stereocenters. The van der Waals surface area contributed by atoms with Crippen LogP contribution in [-0.2, 0) is 0 Å². The minimum absolute atomic E-state index is 0.0798. The van der Waals surface area contributed by atoms with E-state index in [1.54, 1.807) is 6.07 Å². The zero-order valence-electron chi connectivity index (χ0n) is 8.75. The molecule has 0 saturated carbocycles. The molecule has 0 bridgehead atoms. The number of hydrogen-bond donors (Lipinski definition) is 0. The number of Topliss-reactive ketones (excluding diaryl/α,β-unsaturated/α-hetero) is 1. The monoisotopic (exact) mass is 235 g/mol. The Balaban J connectivity index is 2.35. The predicted octanol–water partition coefficient (Wildman–Crippen LogP) is 2.35. The van der Waals surface area contributed by atoms with Gasteiger partial charge in [-0.3, -0.25) is 9.69 Å². The van der Waals surface area contributed by atoms with Crippen molar-refractivity contribution in [2.75, 3.05) is 20.1 Å². The van der Waals surface area contributed by atoms with E-state index in [2.05, 4.69) is 0 Å². The maximum atomic E-state index is 11.9. The average molecular weight is 235 g/mol. The molecule has 0 fully saturated rings. The summed E-state index contributed by atoms with van der Waals surface area (Å²) in [6.07, 6.45) is -3.76. The summed E-state index contributed by atoms with van der Waals surface area (Å²) >= 11 is 0. The molecule has 0 aliphatic rings. The van der Waals surface area contributed by atoms with E-state index in [9.17, 15) is 18.0 Å². The highest BCUT2D eigenvalue weighted by atomic mass is 19.4. The molecule has 0 aromatic carbocycles. The molecule has 0 aliphatic carbocycles. The van der Waals surface area contributed by atoms with E-state index in [0.29, 0.717) is 0 Å². The summed E-state index contributed by atoms with van der Waals surface area (Å²) in [4.78, 5) is 12.7. The molecule has 6 heteroatoms. The molecule has 1 rings (SSSR count). The van der Waals surface area contributed by atoms with Crippen molar-refractivity contribution in [2.45, 2.75) is 12.6 Å². The van der Waals surface area contributed by atoms with Gasteiger partial charge in [0.15, 0.2) is 5.76 Å². The summed E-state index contributed by atoms with van der Waals surface area (Å²) < 4.78 is 40.5. The summed E-state index contributed by atoms with van der Waals surface area (Å²) in [6.45, 7) is -0.278. The van der Waals surface area contributed by atoms with Gasteiger partial charge in [0.2, 0.25) is 5.78 Å². The van der Waals surface area contributed by atoms with Gasteiger partial charge in [-0.1, -0.05) is 0 Å². The van der Waals surface area contributed by atoms with Gasteiger partial charge < -0.3 is 4.42 Å². The van der Waals surface area contributed by atoms with Crippen LogP contribution in [0.5, 0.6) is 0 Å². The summed E-state index contributed by atoms with van der Waals surface area (Å²) in [5.74, 6) is -0.159. The minimum Gasteiger partial charge on any atom is -0.461 e. The third-order valence-corrected chi connectivity index (χ3v) is 1.99. The van der Waals surface area contributed by atoms with Crippen LogP contribution in [0.2, 0.25) is 0 Å². The van der Waals surface area contributed by atoms with E-state index in [4.69, 9.17) is 4.42 Å². The molecular weight excluding hydrogens is 223 g/mol. The van der Waals surface area contributed by atoms with Gasteiger partial charge in [0, 0.05) is 6.54 Å². The van der Waals surface area contributed by atoms with Gasteiger partial charge in [-0.05, 0) is 19.2 Å². The van der Waals surface area contributed by atoms with Gasteiger partial charge in [-0.2, -0.15) is 13.2 Å². The van der Waals surface area contributed by atoms with Crippen molar-refractivity contribution >= 4 is 5.78 Å². The fraction of sp³-hybridized carbons (Fsp3) is 0.500. The molecule has 1 aromatic heterocycles. The number of likely N-dealkylation sites (N-methyl/N-ethyl adjacent to an activating group) is 1. The molecule has 0 amide bonds.